The summed E-state index contributed by atoms with van der Waals surface area (Å²) in [6.07, 6.45) is 1.20. The summed E-state index contributed by atoms with van der Waals surface area (Å²) in [5.74, 6) is 0. The van der Waals surface area contributed by atoms with Crippen molar-refractivity contribution in [2.45, 2.75) is 25.6 Å². The van der Waals surface area contributed by atoms with Crippen LogP contribution in [0.4, 0.5) is 0 Å². The largest absolute Gasteiger partial charge is 0.308 e. The van der Waals surface area contributed by atoms with Crippen LogP contribution in [-0.2, 0) is 13.1 Å². The number of hydrogen-bond acceptors (Lipinski definition) is 4. The maximum Gasteiger partial charge on any atom is 0.100 e. The molecule has 21 heavy (non-hydrogen) atoms. The second-order valence-electron chi connectivity index (χ2n) is 5.50. The first kappa shape index (κ1) is 14.3. The number of hydrogen-bond donors (Lipinski definition) is 1. The van der Waals surface area contributed by atoms with E-state index >= 15 is 0 Å². The zero-order valence-electron chi connectivity index (χ0n) is 12.0. The molecule has 0 spiro atoms. The summed E-state index contributed by atoms with van der Waals surface area (Å²) < 4.78 is 0. The smallest absolute Gasteiger partial charge is 0.100 e. The van der Waals surface area contributed by atoms with E-state index in [0.717, 1.165) is 31.7 Å². The Hall–Kier alpha value is -1.67. The van der Waals surface area contributed by atoms with Gasteiger partial charge in [0.05, 0.1) is 5.56 Å². The van der Waals surface area contributed by atoms with Gasteiger partial charge in [0.1, 0.15) is 6.07 Å². The van der Waals surface area contributed by atoms with E-state index in [0.29, 0.717) is 6.04 Å². The van der Waals surface area contributed by atoms with Crippen molar-refractivity contribution in [3.8, 4) is 6.07 Å². The van der Waals surface area contributed by atoms with E-state index in [9.17, 15) is 0 Å². The molecule has 0 amide bonds. The van der Waals surface area contributed by atoms with Crippen LogP contribution in [0.3, 0.4) is 0 Å². The first-order valence-electron chi connectivity index (χ1n) is 7.30. The molecule has 4 heteroatoms. The molecule has 0 saturated carbocycles. The average molecular weight is 297 g/mol. The Morgan fingerprint density at radius 1 is 1.33 bits per heavy atom. The zero-order chi connectivity index (χ0) is 14.5. The zero-order valence-corrected chi connectivity index (χ0v) is 12.8. The predicted molar refractivity (Wildman–Crippen MR) is 86.0 cm³/mol. The average Bonchev–Trinajstić information content (AvgIpc) is 3.15. The maximum absolute atomic E-state index is 8.84. The standard InChI is InChI=1S/C17H19N3S/c18-9-15-8-17(21-13-15)10-19-16-6-7-20(12-16)11-14-4-2-1-3-5-14/h1-5,8,13,16,19H,6-7,10-12H2. The highest BCUT2D eigenvalue weighted by molar-refractivity contribution is 7.10. The monoisotopic (exact) mass is 297 g/mol. The molecule has 108 valence electrons. The lowest BCUT2D eigenvalue weighted by atomic mass is 10.2. The summed E-state index contributed by atoms with van der Waals surface area (Å²) >= 11 is 1.66. The molecule has 1 aromatic carbocycles. The lowest BCUT2D eigenvalue weighted by Gasteiger charge is -2.16. The molecule has 3 nitrogen and oxygen atoms in total. The van der Waals surface area contributed by atoms with Gasteiger partial charge in [-0.25, -0.2) is 0 Å². The molecule has 1 atom stereocenters. The lowest BCUT2D eigenvalue weighted by Crippen LogP contribution is -2.31. The summed E-state index contributed by atoms with van der Waals surface area (Å²) in [7, 11) is 0. The van der Waals surface area contributed by atoms with Gasteiger partial charge < -0.3 is 5.32 Å². The third kappa shape index (κ3) is 3.92. The van der Waals surface area contributed by atoms with Gasteiger partial charge >= 0.3 is 0 Å². The van der Waals surface area contributed by atoms with E-state index in [-0.39, 0.29) is 0 Å². The second-order valence-corrected chi connectivity index (χ2v) is 6.50. The number of likely N-dealkylation sites (tertiary alicyclic amines) is 1. The van der Waals surface area contributed by atoms with Gasteiger partial charge in [-0.05, 0) is 18.1 Å². The van der Waals surface area contributed by atoms with E-state index in [2.05, 4.69) is 46.6 Å². The molecule has 2 aromatic rings. The predicted octanol–water partition coefficient (Wildman–Crippen LogP) is 2.98. The van der Waals surface area contributed by atoms with Gasteiger partial charge in [-0.2, -0.15) is 5.26 Å². The summed E-state index contributed by atoms with van der Waals surface area (Å²) in [5, 5.41) is 14.4. The molecule has 1 saturated heterocycles. The number of rotatable bonds is 5. The molecular weight excluding hydrogens is 278 g/mol. The van der Waals surface area contributed by atoms with Crippen LogP contribution in [0.5, 0.6) is 0 Å². The van der Waals surface area contributed by atoms with E-state index in [1.165, 1.54) is 16.9 Å². The topological polar surface area (TPSA) is 39.1 Å². The van der Waals surface area contributed by atoms with Gasteiger partial charge in [-0.15, -0.1) is 11.3 Å². The Morgan fingerprint density at radius 3 is 2.95 bits per heavy atom. The van der Waals surface area contributed by atoms with E-state index in [1.54, 1.807) is 11.3 Å². The van der Waals surface area contributed by atoms with Crippen molar-refractivity contribution >= 4 is 11.3 Å². The highest BCUT2D eigenvalue weighted by atomic mass is 32.1. The third-order valence-electron chi connectivity index (χ3n) is 3.87. The van der Waals surface area contributed by atoms with Crippen molar-refractivity contribution in [3.05, 3.63) is 57.8 Å². The molecule has 0 aliphatic carbocycles. The molecule has 3 rings (SSSR count). The molecule has 2 heterocycles. The maximum atomic E-state index is 8.84. The number of nitriles is 1. The molecule has 0 bridgehead atoms. The van der Waals surface area contributed by atoms with Crippen LogP contribution in [0.2, 0.25) is 0 Å². The Bertz CT molecular complexity index is 614. The van der Waals surface area contributed by atoms with Crippen molar-refractivity contribution in [1.82, 2.24) is 10.2 Å². The Kier molecular flexibility index (Phi) is 4.66. The van der Waals surface area contributed by atoms with Gasteiger partial charge in [-0.3, -0.25) is 4.90 Å². The van der Waals surface area contributed by atoms with Gasteiger partial charge in [-0.1, -0.05) is 30.3 Å². The van der Waals surface area contributed by atoms with Crippen LogP contribution in [-0.4, -0.2) is 24.0 Å². The molecule has 1 N–H and O–H groups in total. The van der Waals surface area contributed by atoms with Crippen LogP contribution in [0.15, 0.2) is 41.8 Å². The Labute approximate surface area is 129 Å². The van der Waals surface area contributed by atoms with Crippen LogP contribution >= 0.6 is 11.3 Å². The molecule has 1 unspecified atom stereocenters. The van der Waals surface area contributed by atoms with Crippen LogP contribution < -0.4 is 5.32 Å². The van der Waals surface area contributed by atoms with Crippen LogP contribution in [0, 0.1) is 11.3 Å². The normalized spacial score (nSPS) is 18.7. The van der Waals surface area contributed by atoms with E-state index < -0.39 is 0 Å². The van der Waals surface area contributed by atoms with Gasteiger partial charge in [0, 0.05) is 42.5 Å². The number of nitrogens with zero attached hydrogens (tertiary/aromatic N) is 2. The number of thiophene rings is 1. The number of benzene rings is 1. The second kappa shape index (κ2) is 6.86. The molecule has 1 aliphatic rings. The first-order valence-corrected chi connectivity index (χ1v) is 8.18. The molecule has 1 aromatic heterocycles. The summed E-state index contributed by atoms with van der Waals surface area (Å²) in [6.45, 7) is 4.17. The van der Waals surface area contributed by atoms with Crippen molar-refractivity contribution in [3.63, 3.8) is 0 Å². The van der Waals surface area contributed by atoms with Crippen LogP contribution in [0.1, 0.15) is 22.4 Å². The Balaban J connectivity index is 1.45. The summed E-state index contributed by atoms with van der Waals surface area (Å²) in [6, 6.07) is 15.4. The molecular formula is C17H19N3S. The van der Waals surface area contributed by atoms with Crippen molar-refractivity contribution in [1.29, 1.82) is 5.26 Å². The summed E-state index contributed by atoms with van der Waals surface area (Å²) in [5.41, 5.74) is 2.16. The third-order valence-corrected chi connectivity index (χ3v) is 4.81. The van der Waals surface area contributed by atoms with Crippen molar-refractivity contribution < 1.29 is 0 Å². The van der Waals surface area contributed by atoms with E-state index in [1.807, 2.05) is 11.4 Å². The summed E-state index contributed by atoms with van der Waals surface area (Å²) in [4.78, 5) is 3.75. The minimum absolute atomic E-state index is 0.557. The highest BCUT2D eigenvalue weighted by Crippen LogP contribution is 2.16. The molecule has 0 radical (unpaired) electrons. The SMILES string of the molecule is N#Cc1csc(CNC2CCN(Cc3ccccc3)C2)c1. The van der Waals surface area contributed by atoms with Crippen LogP contribution in [0.25, 0.3) is 0 Å². The van der Waals surface area contributed by atoms with Gasteiger partial charge in [0.2, 0.25) is 0 Å². The fourth-order valence-corrected chi connectivity index (χ4v) is 3.52. The minimum atomic E-state index is 0.557. The van der Waals surface area contributed by atoms with E-state index in [4.69, 9.17) is 5.26 Å². The quantitative estimate of drug-likeness (QED) is 0.922. The fourth-order valence-electron chi connectivity index (χ4n) is 2.76. The number of nitrogens with one attached hydrogen (secondary N) is 1. The minimum Gasteiger partial charge on any atom is -0.308 e. The van der Waals surface area contributed by atoms with Crippen molar-refractivity contribution in [2.24, 2.45) is 0 Å². The molecule has 1 fully saturated rings. The van der Waals surface area contributed by atoms with Gasteiger partial charge in [0.15, 0.2) is 0 Å². The highest BCUT2D eigenvalue weighted by Gasteiger charge is 2.21. The first-order chi connectivity index (χ1) is 10.3. The van der Waals surface area contributed by atoms with Crippen molar-refractivity contribution in [2.75, 3.05) is 13.1 Å². The lowest BCUT2D eigenvalue weighted by molar-refractivity contribution is 0.320. The van der Waals surface area contributed by atoms with Gasteiger partial charge in [0.25, 0.3) is 0 Å². The fraction of sp³-hybridized carbons (Fsp3) is 0.353. The molecule has 1 aliphatic heterocycles. The Morgan fingerprint density at radius 2 is 2.19 bits per heavy atom.